The Morgan fingerprint density at radius 3 is 2.57 bits per heavy atom. The van der Waals surface area contributed by atoms with E-state index >= 15 is 0 Å². The Kier molecular flexibility index (Phi) is 4.26. The Morgan fingerprint density at radius 2 is 2.05 bits per heavy atom. The van der Waals surface area contributed by atoms with Gasteiger partial charge in [0.2, 0.25) is 5.91 Å². The maximum Gasteiger partial charge on any atom is 0.236 e. The Hall–Kier alpha value is -0.650. The summed E-state index contributed by atoms with van der Waals surface area (Å²) in [5.41, 5.74) is -0.0437. The number of amides is 1. The number of rotatable bonds is 5. The summed E-state index contributed by atoms with van der Waals surface area (Å²) < 4.78 is 5.78. The molecule has 2 saturated carbocycles. The van der Waals surface area contributed by atoms with Crippen molar-refractivity contribution in [3.8, 4) is 0 Å². The van der Waals surface area contributed by atoms with Crippen molar-refractivity contribution in [1.82, 2.24) is 9.80 Å². The minimum atomic E-state index is -0.221. The quantitative estimate of drug-likeness (QED) is 0.817. The molecule has 1 N–H and O–H groups in total. The van der Waals surface area contributed by atoms with Crippen molar-refractivity contribution in [3.05, 3.63) is 0 Å². The van der Waals surface area contributed by atoms with Crippen LogP contribution in [0.25, 0.3) is 0 Å². The molecule has 3 fully saturated rings. The van der Waals surface area contributed by atoms with Crippen molar-refractivity contribution in [3.63, 3.8) is 0 Å². The van der Waals surface area contributed by atoms with E-state index in [1.165, 1.54) is 0 Å². The highest BCUT2D eigenvalue weighted by Crippen LogP contribution is 2.50. The summed E-state index contributed by atoms with van der Waals surface area (Å²) in [6.07, 6.45) is 4.97. The Morgan fingerprint density at radius 1 is 1.38 bits per heavy atom. The fourth-order valence-corrected chi connectivity index (χ4v) is 3.91. The van der Waals surface area contributed by atoms with Crippen molar-refractivity contribution in [2.75, 3.05) is 33.3 Å². The second-order valence-electron chi connectivity index (χ2n) is 6.94. The first-order valence-corrected chi connectivity index (χ1v) is 8.34. The van der Waals surface area contributed by atoms with Gasteiger partial charge in [0, 0.05) is 31.5 Å². The first kappa shape index (κ1) is 15.3. The molecule has 0 aromatic heterocycles. The minimum Gasteiger partial charge on any atom is -0.392 e. The highest BCUT2D eigenvalue weighted by Gasteiger charge is 2.56. The van der Waals surface area contributed by atoms with E-state index in [1.807, 2.05) is 18.9 Å². The number of piperidine rings is 1. The second kappa shape index (κ2) is 5.86. The molecule has 1 aliphatic heterocycles. The normalized spacial score (nSPS) is 32.0. The van der Waals surface area contributed by atoms with Gasteiger partial charge in [-0.05, 0) is 45.7 Å². The molecule has 2 atom stereocenters. The monoisotopic (exact) mass is 296 g/mol. The van der Waals surface area contributed by atoms with E-state index in [0.29, 0.717) is 19.2 Å². The molecule has 0 aromatic rings. The number of aliphatic hydroxyl groups is 1. The maximum atomic E-state index is 12.2. The van der Waals surface area contributed by atoms with E-state index in [0.717, 1.165) is 45.2 Å². The first-order chi connectivity index (χ1) is 10.1. The summed E-state index contributed by atoms with van der Waals surface area (Å²) in [5.74, 6) is 0.240. The number of likely N-dealkylation sites (N-methyl/N-ethyl adjacent to an activating group) is 1. The zero-order valence-corrected chi connectivity index (χ0v) is 13.3. The Balaban J connectivity index is 1.49. The number of ether oxygens (including phenoxy) is 1. The van der Waals surface area contributed by atoms with Gasteiger partial charge in [0.15, 0.2) is 0 Å². The summed E-state index contributed by atoms with van der Waals surface area (Å²) in [6, 6.07) is 0.490. The number of hydrogen-bond donors (Lipinski definition) is 1. The lowest BCUT2D eigenvalue weighted by molar-refractivity contribution is -0.209. The van der Waals surface area contributed by atoms with Crippen LogP contribution in [0.3, 0.4) is 0 Å². The molecule has 120 valence electrons. The molecule has 5 nitrogen and oxygen atoms in total. The van der Waals surface area contributed by atoms with Gasteiger partial charge in [-0.2, -0.15) is 0 Å². The molecule has 1 saturated heterocycles. The van der Waals surface area contributed by atoms with E-state index in [4.69, 9.17) is 4.74 Å². The molecule has 3 rings (SSSR count). The van der Waals surface area contributed by atoms with Crippen molar-refractivity contribution in [1.29, 1.82) is 0 Å². The van der Waals surface area contributed by atoms with E-state index in [9.17, 15) is 9.90 Å². The van der Waals surface area contributed by atoms with Crippen LogP contribution >= 0.6 is 0 Å². The third-order valence-corrected chi connectivity index (χ3v) is 5.74. The smallest absolute Gasteiger partial charge is 0.236 e. The topological polar surface area (TPSA) is 53.0 Å². The van der Waals surface area contributed by atoms with Crippen LogP contribution in [-0.2, 0) is 9.53 Å². The molecule has 0 bridgehead atoms. The molecule has 1 spiro atoms. The molecule has 3 aliphatic rings. The van der Waals surface area contributed by atoms with Crippen molar-refractivity contribution >= 4 is 5.91 Å². The molecule has 2 unspecified atom stereocenters. The van der Waals surface area contributed by atoms with E-state index in [1.54, 1.807) is 0 Å². The van der Waals surface area contributed by atoms with Gasteiger partial charge >= 0.3 is 0 Å². The fourth-order valence-electron chi connectivity index (χ4n) is 3.91. The number of carbonyl (C=O) groups is 1. The molecule has 0 aromatic carbocycles. The van der Waals surface area contributed by atoms with Crippen LogP contribution in [0.5, 0.6) is 0 Å². The van der Waals surface area contributed by atoms with Gasteiger partial charge in [-0.25, -0.2) is 0 Å². The standard InChI is InChI=1S/C16H28N2O3/c1-3-21-14-10-13(19)16(14)6-8-18(9-7-16)11-15(20)17(2)12-4-5-12/h12-14,19H,3-11H2,1-2H3. The summed E-state index contributed by atoms with van der Waals surface area (Å²) in [7, 11) is 1.92. The second-order valence-corrected chi connectivity index (χ2v) is 6.94. The molecule has 5 heteroatoms. The van der Waals surface area contributed by atoms with Crippen molar-refractivity contribution < 1.29 is 14.6 Å². The summed E-state index contributed by atoms with van der Waals surface area (Å²) in [4.78, 5) is 16.3. The summed E-state index contributed by atoms with van der Waals surface area (Å²) in [5, 5.41) is 10.2. The third-order valence-electron chi connectivity index (χ3n) is 5.74. The molecule has 0 radical (unpaired) electrons. The predicted molar refractivity (Wildman–Crippen MR) is 79.9 cm³/mol. The van der Waals surface area contributed by atoms with Gasteiger partial charge in [-0.15, -0.1) is 0 Å². The highest BCUT2D eigenvalue weighted by molar-refractivity contribution is 5.78. The van der Waals surface area contributed by atoms with Gasteiger partial charge in [0.1, 0.15) is 0 Å². The van der Waals surface area contributed by atoms with Crippen LogP contribution < -0.4 is 0 Å². The van der Waals surface area contributed by atoms with Crippen LogP contribution in [0.15, 0.2) is 0 Å². The van der Waals surface area contributed by atoms with Gasteiger partial charge < -0.3 is 14.7 Å². The van der Waals surface area contributed by atoms with E-state index in [2.05, 4.69) is 4.90 Å². The van der Waals surface area contributed by atoms with Gasteiger partial charge in [-0.3, -0.25) is 9.69 Å². The molecule has 1 amide bonds. The van der Waals surface area contributed by atoms with Crippen molar-refractivity contribution in [2.24, 2.45) is 5.41 Å². The van der Waals surface area contributed by atoms with Gasteiger partial charge in [0.05, 0.1) is 18.8 Å². The fraction of sp³-hybridized carbons (Fsp3) is 0.938. The lowest BCUT2D eigenvalue weighted by atomic mass is 9.58. The zero-order valence-electron chi connectivity index (χ0n) is 13.3. The maximum absolute atomic E-state index is 12.2. The average molecular weight is 296 g/mol. The van der Waals surface area contributed by atoms with Crippen LogP contribution in [0.1, 0.15) is 39.0 Å². The highest BCUT2D eigenvalue weighted by atomic mass is 16.5. The van der Waals surface area contributed by atoms with E-state index < -0.39 is 0 Å². The number of carbonyl (C=O) groups excluding carboxylic acids is 1. The van der Waals surface area contributed by atoms with Crippen LogP contribution in [0, 0.1) is 5.41 Å². The summed E-state index contributed by atoms with van der Waals surface area (Å²) in [6.45, 7) is 5.04. The van der Waals surface area contributed by atoms with Crippen LogP contribution in [0.4, 0.5) is 0 Å². The first-order valence-electron chi connectivity index (χ1n) is 8.34. The Bertz CT molecular complexity index is 387. The van der Waals surface area contributed by atoms with E-state index in [-0.39, 0.29) is 23.5 Å². The lowest BCUT2D eigenvalue weighted by Gasteiger charge is -2.56. The average Bonchev–Trinajstić information content (AvgIpc) is 3.31. The number of likely N-dealkylation sites (tertiary alicyclic amines) is 1. The zero-order chi connectivity index (χ0) is 15.0. The lowest BCUT2D eigenvalue weighted by Crippen LogP contribution is -2.62. The Labute approximate surface area is 127 Å². The number of nitrogens with zero attached hydrogens (tertiary/aromatic N) is 2. The SMILES string of the molecule is CCOC1CC(O)C12CCN(CC(=O)N(C)C1CC1)CC2. The largest absolute Gasteiger partial charge is 0.392 e. The number of aliphatic hydroxyl groups excluding tert-OH is 1. The third kappa shape index (κ3) is 2.83. The molecule has 1 heterocycles. The molecular weight excluding hydrogens is 268 g/mol. The predicted octanol–water partition coefficient (Wildman–Crippen LogP) is 0.859. The minimum absolute atomic E-state index is 0.0437. The van der Waals surface area contributed by atoms with Crippen molar-refractivity contribution in [2.45, 2.75) is 57.3 Å². The summed E-state index contributed by atoms with van der Waals surface area (Å²) >= 11 is 0. The molecule has 2 aliphatic carbocycles. The molecular formula is C16H28N2O3. The molecule has 21 heavy (non-hydrogen) atoms. The van der Waals surface area contributed by atoms with Gasteiger partial charge in [0.25, 0.3) is 0 Å². The number of hydrogen-bond acceptors (Lipinski definition) is 4. The van der Waals surface area contributed by atoms with Gasteiger partial charge in [-0.1, -0.05) is 0 Å². The van der Waals surface area contributed by atoms with Crippen LogP contribution in [-0.4, -0.2) is 72.4 Å². The van der Waals surface area contributed by atoms with Crippen LogP contribution in [0.2, 0.25) is 0 Å².